The van der Waals surface area contributed by atoms with Gasteiger partial charge in [-0.25, -0.2) is 0 Å². The molecule has 0 atom stereocenters. The van der Waals surface area contributed by atoms with Gasteiger partial charge in [0.25, 0.3) is 0 Å². The lowest BCUT2D eigenvalue weighted by Gasteiger charge is -2.12. The van der Waals surface area contributed by atoms with Gasteiger partial charge in [0, 0.05) is 11.6 Å². The summed E-state index contributed by atoms with van der Waals surface area (Å²) in [4.78, 5) is 11.7. The lowest BCUT2D eigenvalue weighted by atomic mass is 10.1. The van der Waals surface area contributed by atoms with Crippen molar-refractivity contribution in [2.75, 3.05) is 21.3 Å². The van der Waals surface area contributed by atoms with E-state index in [1.807, 2.05) is 0 Å². The van der Waals surface area contributed by atoms with Gasteiger partial charge >= 0.3 is 0 Å². The van der Waals surface area contributed by atoms with Crippen molar-refractivity contribution < 1.29 is 19.0 Å². The highest BCUT2D eigenvalue weighted by Gasteiger charge is 2.15. The van der Waals surface area contributed by atoms with Crippen LogP contribution in [0.5, 0.6) is 17.2 Å². The predicted octanol–water partition coefficient (Wildman–Crippen LogP) is 2.24. The lowest BCUT2D eigenvalue weighted by Crippen LogP contribution is -2.00. The van der Waals surface area contributed by atoms with Crippen molar-refractivity contribution in [3.63, 3.8) is 0 Å². The smallest absolute Gasteiger partial charge is 0.203 e. The number of hydrogen-bond acceptors (Lipinski definition) is 4. The van der Waals surface area contributed by atoms with E-state index in [4.69, 9.17) is 14.2 Å². The Hall–Kier alpha value is -2.19. The number of carbonyl (C=O) groups excluding carboxylic acids is 1. The minimum Gasteiger partial charge on any atom is -0.493 e. The average molecular weight is 234 g/mol. The van der Waals surface area contributed by atoms with Crippen LogP contribution in [-0.4, -0.2) is 27.1 Å². The third-order valence-electron chi connectivity index (χ3n) is 2.18. The van der Waals surface area contributed by atoms with Crippen molar-refractivity contribution in [2.24, 2.45) is 0 Å². The molecule has 0 radical (unpaired) electrons. The molecule has 0 aromatic heterocycles. The molecule has 17 heavy (non-hydrogen) atoms. The van der Waals surface area contributed by atoms with E-state index in [0.29, 0.717) is 22.8 Å². The number of carbonyl (C=O) groups is 1. The molecule has 1 aromatic rings. The molecule has 0 bridgehead atoms. The number of rotatable bonds is 5. The zero-order valence-electron chi connectivity index (χ0n) is 10.1. The van der Waals surface area contributed by atoms with Crippen LogP contribution < -0.4 is 14.2 Å². The van der Waals surface area contributed by atoms with Crippen LogP contribution in [0.15, 0.2) is 30.5 Å². The predicted molar refractivity (Wildman–Crippen MR) is 64.1 cm³/mol. The molecular weight excluding hydrogens is 220 g/mol. The molecule has 0 saturated carbocycles. The second-order valence-corrected chi connectivity index (χ2v) is 3.13. The monoisotopic (exact) mass is 234 g/mol. The van der Waals surface area contributed by atoms with Gasteiger partial charge in [-0.15, -0.1) is 5.73 Å². The summed E-state index contributed by atoms with van der Waals surface area (Å²) in [5.74, 6) is 1.11. The zero-order chi connectivity index (χ0) is 12.8. The summed E-state index contributed by atoms with van der Waals surface area (Å²) in [5, 5.41) is 0. The summed E-state index contributed by atoms with van der Waals surface area (Å²) in [6.45, 7) is 3.36. The van der Waals surface area contributed by atoms with E-state index in [0.717, 1.165) is 0 Å². The van der Waals surface area contributed by atoms with E-state index in [1.54, 1.807) is 12.1 Å². The standard InChI is InChI=1S/C13H14O4/c1-5-6-10(14)9-7-11(15-2)13(17-4)12(8-9)16-3/h6-8H,1H2,2-4H3. The van der Waals surface area contributed by atoms with Gasteiger partial charge in [-0.05, 0) is 12.1 Å². The lowest BCUT2D eigenvalue weighted by molar-refractivity contribution is 0.104. The quantitative estimate of drug-likeness (QED) is 0.445. The molecule has 0 fully saturated rings. The van der Waals surface area contributed by atoms with Crippen molar-refractivity contribution in [2.45, 2.75) is 0 Å². The van der Waals surface area contributed by atoms with Crippen LogP contribution in [0.25, 0.3) is 0 Å². The molecule has 0 aliphatic rings. The summed E-state index contributed by atoms with van der Waals surface area (Å²) in [6.07, 6.45) is 1.25. The van der Waals surface area contributed by atoms with E-state index in [-0.39, 0.29) is 5.78 Å². The van der Waals surface area contributed by atoms with Crippen LogP contribution in [-0.2, 0) is 0 Å². The van der Waals surface area contributed by atoms with E-state index in [2.05, 4.69) is 12.3 Å². The molecule has 1 aromatic carbocycles. The Morgan fingerprint density at radius 1 is 1.18 bits per heavy atom. The first-order valence-corrected chi connectivity index (χ1v) is 4.88. The summed E-state index contributed by atoms with van der Waals surface area (Å²) >= 11 is 0. The first-order valence-electron chi connectivity index (χ1n) is 4.88. The Morgan fingerprint density at radius 2 is 1.71 bits per heavy atom. The van der Waals surface area contributed by atoms with Crippen molar-refractivity contribution in [1.29, 1.82) is 0 Å². The number of ketones is 1. The highest BCUT2D eigenvalue weighted by molar-refractivity contribution is 6.05. The maximum absolute atomic E-state index is 11.7. The highest BCUT2D eigenvalue weighted by atomic mass is 16.5. The van der Waals surface area contributed by atoms with E-state index in [1.165, 1.54) is 27.4 Å². The Labute approximate surface area is 100 Å². The van der Waals surface area contributed by atoms with Crippen LogP contribution in [0.1, 0.15) is 10.4 Å². The molecular formula is C13H14O4. The molecule has 0 aliphatic heterocycles. The fraction of sp³-hybridized carbons (Fsp3) is 0.231. The van der Waals surface area contributed by atoms with Gasteiger partial charge in [-0.2, -0.15) is 0 Å². The van der Waals surface area contributed by atoms with E-state index >= 15 is 0 Å². The molecule has 0 N–H and O–H groups in total. The highest BCUT2D eigenvalue weighted by Crippen LogP contribution is 2.38. The third-order valence-corrected chi connectivity index (χ3v) is 2.18. The number of ether oxygens (including phenoxy) is 3. The van der Waals surface area contributed by atoms with Crippen LogP contribution in [0.3, 0.4) is 0 Å². The van der Waals surface area contributed by atoms with E-state index < -0.39 is 0 Å². The maximum Gasteiger partial charge on any atom is 0.203 e. The largest absolute Gasteiger partial charge is 0.493 e. The fourth-order valence-electron chi connectivity index (χ4n) is 1.40. The Bertz CT molecular complexity index is 445. The summed E-state index contributed by atoms with van der Waals surface area (Å²) < 4.78 is 15.4. The third kappa shape index (κ3) is 2.68. The van der Waals surface area contributed by atoms with Gasteiger partial charge in [0.2, 0.25) is 5.75 Å². The second kappa shape index (κ2) is 5.77. The SMILES string of the molecule is C=C=CC(=O)c1cc(OC)c(OC)c(OC)c1. The molecule has 0 unspecified atom stereocenters. The zero-order valence-corrected chi connectivity index (χ0v) is 10.1. The molecule has 0 heterocycles. The van der Waals surface area contributed by atoms with Gasteiger partial charge in [-0.1, -0.05) is 6.58 Å². The molecule has 1 rings (SSSR count). The summed E-state index contributed by atoms with van der Waals surface area (Å²) in [7, 11) is 4.50. The molecule has 0 saturated heterocycles. The second-order valence-electron chi connectivity index (χ2n) is 3.13. The van der Waals surface area contributed by atoms with Gasteiger partial charge < -0.3 is 14.2 Å². The maximum atomic E-state index is 11.7. The van der Waals surface area contributed by atoms with Crippen LogP contribution in [0, 0.1) is 0 Å². The summed E-state index contributed by atoms with van der Waals surface area (Å²) in [6, 6.07) is 3.16. The Balaban J connectivity index is 3.36. The van der Waals surface area contributed by atoms with Crippen LogP contribution >= 0.6 is 0 Å². The normalized spacial score (nSPS) is 9.12. The van der Waals surface area contributed by atoms with Crippen LogP contribution in [0.2, 0.25) is 0 Å². The minimum atomic E-state index is -0.223. The van der Waals surface area contributed by atoms with Crippen molar-refractivity contribution in [3.05, 3.63) is 36.1 Å². The molecule has 90 valence electrons. The molecule has 0 amide bonds. The number of benzene rings is 1. The van der Waals surface area contributed by atoms with Gasteiger partial charge in [0.05, 0.1) is 21.3 Å². The number of allylic oxidation sites excluding steroid dienone is 1. The van der Waals surface area contributed by atoms with Crippen molar-refractivity contribution in [3.8, 4) is 17.2 Å². The van der Waals surface area contributed by atoms with E-state index in [9.17, 15) is 4.79 Å². The minimum absolute atomic E-state index is 0.223. The van der Waals surface area contributed by atoms with Gasteiger partial charge in [-0.3, -0.25) is 4.79 Å². The molecule has 0 spiro atoms. The van der Waals surface area contributed by atoms with Crippen molar-refractivity contribution >= 4 is 5.78 Å². The first-order chi connectivity index (χ1) is 8.17. The first kappa shape index (κ1) is 12.9. The molecule has 0 aliphatic carbocycles. The number of hydrogen-bond donors (Lipinski definition) is 0. The average Bonchev–Trinajstić information content (AvgIpc) is 2.37. The Morgan fingerprint density at radius 3 is 2.06 bits per heavy atom. The topological polar surface area (TPSA) is 44.8 Å². The number of methoxy groups -OCH3 is 3. The molecule has 4 heteroatoms. The molecule has 4 nitrogen and oxygen atoms in total. The van der Waals surface area contributed by atoms with Crippen molar-refractivity contribution in [1.82, 2.24) is 0 Å². The van der Waals surface area contributed by atoms with Gasteiger partial charge in [0.15, 0.2) is 17.3 Å². The fourth-order valence-corrected chi connectivity index (χ4v) is 1.40. The van der Waals surface area contributed by atoms with Crippen LogP contribution in [0.4, 0.5) is 0 Å². The Kier molecular flexibility index (Phi) is 4.37. The van der Waals surface area contributed by atoms with Gasteiger partial charge in [0.1, 0.15) is 0 Å². The summed E-state index contributed by atoms with van der Waals surface area (Å²) in [5.41, 5.74) is 2.86.